The highest BCUT2D eigenvalue weighted by Gasteiger charge is 2.19. The van der Waals surface area contributed by atoms with E-state index in [2.05, 4.69) is 140 Å². The molecule has 0 saturated carbocycles. The average Bonchev–Trinajstić information content (AvgIpc) is 3.55. The van der Waals surface area contributed by atoms with Crippen molar-refractivity contribution in [3.05, 3.63) is 170 Å². The first-order valence-electron chi connectivity index (χ1n) is 15.8. The summed E-state index contributed by atoms with van der Waals surface area (Å²) >= 11 is 0. The Morgan fingerprint density at radius 3 is 1.62 bits per heavy atom. The molecule has 2 aromatic heterocycles. The second kappa shape index (κ2) is 11.2. The highest BCUT2D eigenvalue weighted by Crippen LogP contribution is 2.39. The van der Waals surface area contributed by atoms with Gasteiger partial charge in [0.15, 0.2) is 5.82 Å². The summed E-state index contributed by atoms with van der Waals surface area (Å²) in [5.74, 6) is 0.634. The van der Waals surface area contributed by atoms with Crippen LogP contribution in [0.2, 0.25) is 0 Å². The predicted octanol–water partition coefficient (Wildman–Crippen LogP) is 11.9. The Labute approximate surface area is 272 Å². The molecule has 0 N–H and O–H groups in total. The topological polar surface area (TPSA) is 38.9 Å². The largest absolute Gasteiger partial charge is 0.437 e. The molecule has 47 heavy (non-hydrogen) atoms. The van der Waals surface area contributed by atoms with Crippen LogP contribution in [0.25, 0.3) is 88.9 Å². The third-order valence-corrected chi connectivity index (χ3v) is 8.91. The molecule has 0 spiro atoms. The molecule has 0 atom stereocenters. The van der Waals surface area contributed by atoms with Gasteiger partial charge in [0.25, 0.3) is 0 Å². The van der Waals surface area contributed by atoms with Gasteiger partial charge in [0, 0.05) is 21.9 Å². The SMILES string of the molecule is c1ccc(-c2ccc(-c3cccc(-c4cccc(-c5nc(-c6ccccc6)c6c(n5)oc5c7ccccc7ccc56)c4)c3)cc2)cc1. The molecular weight excluding hydrogens is 572 g/mol. The Hall–Kier alpha value is -6.32. The Kier molecular flexibility index (Phi) is 6.46. The molecule has 0 aliphatic heterocycles. The minimum Gasteiger partial charge on any atom is -0.437 e. The van der Waals surface area contributed by atoms with Gasteiger partial charge in [-0.1, -0.05) is 152 Å². The van der Waals surface area contributed by atoms with Gasteiger partial charge in [-0.15, -0.1) is 0 Å². The Morgan fingerprint density at radius 1 is 0.362 bits per heavy atom. The minimum absolute atomic E-state index is 0.589. The third-order valence-electron chi connectivity index (χ3n) is 8.91. The van der Waals surface area contributed by atoms with Crippen molar-refractivity contribution >= 4 is 32.8 Å². The average molecular weight is 601 g/mol. The summed E-state index contributed by atoms with van der Waals surface area (Å²) < 4.78 is 6.56. The van der Waals surface area contributed by atoms with E-state index >= 15 is 0 Å². The summed E-state index contributed by atoms with van der Waals surface area (Å²) in [4.78, 5) is 10.2. The van der Waals surface area contributed by atoms with E-state index in [-0.39, 0.29) is 0 Å². The van der Waals surface area contributed by atoms with Crippen molar-refractivity contribution in [2.24, 2.45) is 0 Å². The number of fused-ring (bicyclic) bond motifs is 5. The smallest absolute Gasteiger partial charge is 0.231 e. The molecule has 0 radical (unpaired) electrons. The lowest BCUT2D eigenvalue weighted by Gasteiger charge is -2.10. The lowest BCUT2D eigenvalue weighted by atomic mass is 9.96. The lowest BCUT2D eigenvalue weighted by Crippen LogP contribution is -1.94. The maximum Gasteiger partial charge on any atom is 0.231 e. The van der Waals surface area contributed by atoms with E-state index in [1.165, 1.54) is 22.3 Å². The van der Waals surface area contributed by atoms with Gasteiger partial charge in [-0.05, 0) is 57.0 Å². The van der Waals surface area contributed by atoms with E-state index < -0.39 is 0 Å². The van der Waals surface area contributed by atoms with Gasteiger partial charge in [-0.2, -0.15) is 4.98 Å². The molecule has 2 heterocycles. The van der Waals surface area contributed by atoms with Crippen LogP contribution in [0.1, 0.15) is 0 Å². The monoisotopic (exact) mass is 600 g/mol. The molecule has 0 aliphatic carbocycles. The molecule has 3 heteroatoms. The number of hydrogen-bond donors (Lipinski definition) is 0. The maximum absolute atomic E-state index is 6.56. The summed E-state index contributed by atoms with van der Waals surface area (Å²) in [6.45, 7) is 0. The van der Waals surface area contributed by atoms with E-state index in [9.17, 15) is 0 Å². The van der Waals surface area contributed by atoms with Crippen molar-refractivity contribution in [3.63, 3.8) is 0 Å². The van der Waals surface area contributed by atoms with Crippen molar-refractivity contribution in [3.8, 4) is 56.0 Å². The molecule has 0 bridgehead atoms. The van der Waals surface area contributed by atoms with Crippen LogP contribution >= 0.6 is 0 Å². The van der Waals surface area contributed by atoms with Crippen LogP contribution in [0.3, 0.4) is 0 Å². The van der Waals surface area contributed by atoms with E-state index in [1.54, 1.807) is 0 Å². The van der Waals surface area contributed by atoms with Crippen LogP contribution in [0.5, 0.6) is 0 Å². The Morgan fingerprint density at radius 2 is 0.894 bits per heavy atom. The highest BCUT2D eigenvalue weighted by atomic mass is 16.3. The fourth-order valence-corrected chi connectivity index (χ4v) is 6.54. The summed E-state index contributed by atoms with van der Waals surface area (Å²) in [5, 5.41) is 4.16. The molecule has 3 nitrogen and oxygen atoms in total. The van der Waals surface area contributed by atoms with Crippen LogP contribution < -0.4 is 0 Å². The number of nitrogens with zero attached hydrogens (tertiary/aromatic N) is 2. The number of rotatable bonds is 5. The van der Waals surface area contributed by atoms with Gasteiger partial charge >= 0.3 is 0 Å². The fourth-order valence-electron chi connectivity index (χ4n) is 6.54. The summed E-state index contributed by atoms with van der Waals surface area (Å²) in [6.07, 6.45) is 0. The molecule has 0 aliphatic rings. The van der Waals surface area contributed by atoms with Gasteiger partial charge in [0.2, 0.25) is 5.71 Å². The van der Waals surface area contributed by atoms with Crippen LogP contribution in [0.15, 0.2) is 174 Å². The second-order valence-electron chi connectivity index (χ2n) is 11.8. The van der Waals surface area contributed by atoms with Crippen LogP contribution in [0, 0.1) is 0 Å². The van der Waals surface area contributed by atoms with Gasteiger partial charge in [-0.25, -0.2) is 4.98 Å². The standard InChI is InChI=1S/C44H28N2O/c1-3-11-29(12-4-1)30-21-23-31(24-22-30)34-16-9-17-35(27-34)36-18-10-19-37(28-36)43-45-41(33-14-5-2-6-15-33)40-39-26-25-32-13-7-8-20-38(32)42(39)47-44(40)46-43/h1-28H. The second-order valence-corrected chi connectivity index (χ2v) is 11.8. The molecule has 0 amide bonds. The fraction of sp³-hybridized carbons (Fsp3) is 0. The minimum atomic E-state index is 0.589. The Balaban J connectivity index is 1.14. The van der Waals surface area contributed by atoms with Crippen LogP contribution in [0.4, 0.5) is 0 Å². The first-order valence-corrected chi connectivity index (χ1v) is 15.8. The zero-order valence-corrected chi connectivity index (χ0v) is 25.5. The Bertz CT molecular complexity index is 2550. The van der Waals surface area contributed by atoms with Gasteiger partial charge in [-0.3, -0.25) is 0 Å². The molecule has 220 valence electrons. The van der Waals surface area contributed by atoms with Crippen molar-refractivity contribution in [2.75, 3.05) is 0 Å². The van der Waals surface area contributed by atoms with Gasteiger partial charge < -0.3 is 4.42 Å². The maximum atomic E-state index is 6.56. The number of hydrogen-bond acceptors (Lipinski definition) is 3. The zero-order chi connectivity index (χ0) is 31.2. The summed E-state index contributed by atoms with van der Waals surface area (Å²) in [6, 6.07) is 59.3. The zero-order valence-electron chi connectivity index (χ0n) is 25.5. The lowest BCUT2D eigenvalue weighted by molar-refractivity contribution is 0.657. The highest BCUT2D eigenvalue weighted by molar-refractivity contribution is 6.17. The van der Waals surface area contributed by atoms with Crippen LogP contribution in [-0.2, 0) is 0 Å². The molecular formula is C44H28N2O. The molecule has 0 unspecified atom stereocenters. The quantitative estimate of drug-likeness (QED) is 0.197. The van der Waals surface area contributed by atoms with E-state index in [1.807, 2.05) is 30.3 Å². The number of aromatic nitrogens is 2. The number of furan rings is 1. The van der Waals surface area contributed by atoms with Crippen molar-refractivity contribution < 1.29 is 4.42 Å². The van der Waals surface area contributed by atoms with Gasteiger partial charge in [0.05, 0.1) is 11.1 Å². The first kappa shape index (κ1) is 27.0. The predicted molar refractivity (Wildman–Crippen MR) is 194 cm³/mol. The van der Waals surface area contributed by atoms with Gasteiger partial charge in [0.1, 0.15) is 5.58 Å². The van der Waals surface area contributed by atoms with Crippen LogP contribution in [-0.4, -0.2) is 9.97 Å². The first-order chi connectivity index (χ1) is 23.3. The molecule has 7 aromatic carbocycles. The van der Waals surface area contributed by atoms with E-state index in [4.69, 9.17) is 14.4 Å². The normalized spacial score (nSPS) is 11.4. The summed E-state index contributed by atoms with van der Waals surface area (Å²) in [5.41, 5.74) is 11.3. The summed E-state index contributed by atoms with van der Waals surface area (Å²) in [7, 11) is 0. The third kappa shape index (κ3) is 4.86. The van der Waals surface area contributed by atoms with E-state index in [0.717, 1.165) is 55.1 Å². The van der Waals surface area contributed by atoms with Crippen molar-refractivity contribution in [1.82, 2.24) is 9.97 Å². The molecule has 0 saturated heterocycles. The van der Waals surface area contributed by atoms with Crippen molar-refractivity contribution in [1.29, 1.82) is 0 Å². The number of benzene rings is 7. The molecule has 9 rings (SSSR count). The molecule has 9 aromatic rings. The molecule has 0 fully saturated rings. The van der Waals surface area contributed by atoms with E-state index in [0.29, 0.717) is 11.5 Å². The van der Waals surface area contributed by atoms with Crippen molar-refractivity contribution in [2.45, 2.75) is 0 Å².